The lowest BCUT2D eigenvalue weighted by Gasteiger charge is -2.23. The highest BCUT2D eigenvalue weighted by atomic mass is 35.5. The Kier molecular flexibility index (Phi) is 5.10. The summed E-state index contributed by atoms with van der Waals surface area (Å²) >= 11 is 6.11. The van der Waals surface area contributed by atoms with Crippen LogP contribution in [0.15, 0.2) is 23.4 Å². The van der Waals surface area contributed by atoms with Crippen LogP contribution < -0.4 is 0 Å². The van der Waals surface area contributed by atoms with Gasteiger partial charge in [0, 0.05) is 17.5 Å². The first-order valence-electron chi connectivity index (χ1n) is 5.55. The predicted molar refractivity (Wildman–Crippen MR) is 63.2 cm³/mol. The maximum Gasteiger partial charge on any atom is 0.0529 e. The van der Waals surface area contributed by atoms with E-state index < -0.39 is 0 Å². The second-order valence-electron chi connectivity index (χ2n) is 3.89. The van der Waals surface area contributed by atoms with Gasteiger partial charge in [-0.25, -0.2) is 0 Å². The van der Waals surface area contributed by atoms with Gasteiger partial charge in [0.05, 0.1) is 6.54 Å². The van der Waals surface area contributed by atoms with E-state index >= 15 is 0 Å². The van der Waals surface area contributed by atoms with Gasteiger partial charge >= 0.3 is 0 Å². The molecule has 0 bridgehead atoms. The van der Waals surface area contributed by atoms with Gasteiger partial charge in [0.15, 0.2) is 0 Å². The van der Waals surface area contributed by atoms with Crippen LogP contribution in [0.2, 0.25) is 0 Å². The third-order valence-corrected chi connectivity index (χ3v) is 2.99. The molecule has 1 heterocycles. The number of hydrogen-bond acceptors (Lipinski definition) is 1. The van der Waals surface area contributed by atoms with Crippen LogP contribution in [0.5, 0.6) is 0 Å². The van der Waals surface area contributed by atoms with Gasteiger partial charge < -0.3 is 0 Å². The number of hydrogen-bond donors (Lipinski definition) is 0. The van der Waals surface area contributed by atoms with E-state index in [0.29, 0.717) is 0 Å². The highest BCUT2D eigenvalue weighted by molar-refractivity contribution is 6.14. The molecule has 0 unspecified atom stereocenters. The number of nitrogens with zero attached hydrogens (tertiary/aromatic N) is 1. The Morgan fingerprint density at radius 3 is 2.79 bits per heavy atom. The fraction of sp³-hybridized carbons (Fsp3) is 0.667. The smallest absolute Gasteiger partial charge is 0.0529 e. The molecule has 0 radical (unpaired) electrons. The van der Waals surface area contributed by atoms with Crippen LogP contribution in [-0.2, 0) is 0 Å². The molecule has 0 spiro atoms. The van der Waals surface area contributed by atoms with Crippen LogP contribution in [0.25, 0.3) is 0 Å². The van der Waals surface area contributed by atoms with Gasteiger partial charge in [-0.15, -0.1) is 0 Å². The van der Waals surface area contributed by atoms with Gasteiger partial charge in [0.25, 0.3) is 0 Å². The molecule has 14 heavy (non-hydrogen) atoms. The SMILES string of the molecule is CCCCCCC1=C(C)C=CCN1Cl. The third-order valence-electron chi connectivity index (χ3n) is 2.65. The van der Waals surface area contributed by atoms with Crippen LogP contribution in [0, 0.1) is 0 Å². The van der Waals surface area contributed by atoms with Crippen molar-refractivity contribution in [3.8, 4) is 0 Å². The minimum absolute atomic E-state index is 0.849. The largest absolute Gasteiger partial charge is 0.285 e. The van der Waals surface area contributed by atoms with E-state index in [1.54, 1.807) is 0 Å². The number of rotatable bonds is 5. The number of allylic oxidation sites excluding steroid dienone is 3. The van der Waals surface area contributed by atoms with Gasteiger partial charge in [0.1, 0.15) is 0 Å². The zero-order valence-electron chi connectivity index (χ0n) is 9.22. The highest BCUT2D eigenvalue weighted by Crippen LogP contribution is 2.23. The lowest BCUT2D eigenvalue weighted by Crippen LogP contribution is -2.16. The summed E-state index contributed by atoms with van der Waals surface area (Å²) in [6, 6.07) is 0. The van der Waals surface area contributed by atoms with Crippen molar-refractivity contribution < 1.29 is 0 Å². The van der Waals surface area contributed by atoms with Gasteiger partial charge in [-0.3, -0.25) is 4.42 Å². The van der Waals surface area contributed by atoms with Crippen LogP contribution >= 0.6 is 11.8 Å². The summed E-state index contributed by atoms with van der Waals surface area (Å²) in [5.74, 6) is 0. The fourth-order valence-corrected chi connectivity index (χ4v) is 2.05. The molecule has 0 atom stereocenters. The van der Waals surface area contributed by atoms with Crippen LogP contribution in [0.4, 0.5) is 0 Å². The zero-order chi connectivity index (χ0) is 10.4. The fourth-order valence-electron chi connectivity index (χ4n) is 1.76. The number of unbranched alkanes of at least 4 members (excludes halogenated alkanes) is 3. The first-order chi connectivity index (χ1) is 6.75. The standard InChI is InChI=1S/C12H20ClN/c1-3-4-5-6-9-12-11(2)8-7-10-14(12)13/h7-8H,3-6,9-10H2,1-2H3. The van der Waals surface area contributed by atoms with E-state index in [4.69, 9.17) is 11.8 Å². The minimum Gasteiger partial charge on any atom is -0.285 e. The van der Waals surface area contributed by atoms with Crippen molar-refractivity contribution in [3.05, 3.63) is 23.4 Å². The van der Waals surface area contributed by atoms with Gasteiger partial charge in [0.2, 0.25) is 0 Å². The van der Waals surface area contributed by atoms with E-state index in [-0.39, 0.29) is 0 Å². The van der Waals surface area contributed by atoms with Crippen molar-refractivity contribution in [1.29, 1.82) is 0 Å². The van der Waals surface area contributed by atoms with E-state index in [9.17, 15) is 0 Å². The zero-order valence-corrected chi connectivity index (χ0v) is 9.98. The molecule has 0 N–H and O–H groups in total. The van der Waals surface area contributed by atoms with Crippen LogP contribution in [0.1, 0.15) is 46.0 Å². The molecule has 1 rings (SSSR count). The van der Waals surface area contributed by atoms with Crippen molar-refractivity contribution in [1.82, 2.24) is 4.42 Å². The van der Waals surface area contributed by atoms with Gasteiger partial charge in [-0.05, 0) is 25.3 Å². The molecule has 1 nitrogen and oxygen atoms in total. The molecule has 0 aliphatic carbocycles. The van der Waals surface area contributed by atoms with E-state index in [2.05, 4.69) is 26.0 Å². The molecule has 0 aromatic heterocycles. The topological polar surface area (TPSA) is 3.24 Å². The predicted octanol–water partition coefficient (Wildman–Crippen LogP) is 4.26. The Morgan fingerprint density at radius 2 is 2.14 bits per heavy atom. The molecule has 1 aliphatic rings. The minimum atomic E-state index is 0.849. The molecular weight excluding hydrogens is 194 g/mol. The summed E-state index contributed by atoms with van der Waals surface area (Å²) in [6.45, 7) is 5.23. The Balaban J connectivity index is 2.37. The maximum absolute atomic E-state index is 6.11. The summed E-state index contributed by atoms with van der Waals surface area (Å²) in [5.41, 5.74) is 2.63. The first-order valence-corrected chi connectivity index (χ1v) is 5.89. The summed E-state index contributed by atoms with van der Waals surface area (Å²) in [5, 5.41) is 0. The molecule has 2 heteroatoms. The van der Waals surface area contributed by atoms with Crippen LogP contribution in [-0.4, -0.2) is 11.0 Å². The van der Waals surface area contributed by atoms with Crippen LogP contribution in [0.3, 0.4) is 0 Å². The monoisotopic (exact) mass is 213 g/mol. The highest BCUT2D eigenvalue weighted by Gasteiger charge is 2.11. The number of halogens is 1. The van der Waals surface area contributed by atoms with Crippen molar-refractivity contribution in [2.24, 2.45) is 0 Å². The second kappa shape index (κ2) is 6.13. The summed E-state index contributed by atoms with van der Waals surface area (Å²) in [7, 11) is 0. The Bertz CT molecular complexity index is 230. The summed E-state index contributed by atoms with van der Waals surface area (Å²) in [6.07, 6.45) is 10.6. The van der Waals surface area contributed by atoms with E-state index in [0.717, 1.165) is 13.0 Å². The lowest BCUT2D eigenvalue weighted by atomic mass is 10.1. The molecular formula is C12H20ClN. The Hall–Kier alpha value is -0.430. The first kappa shape index (κ1) is 11.6. The second-order valence-corrected chi connectivity index (χ2v) is 4.30. The quantitative estimate of drug-likeness (QED) is 0.487. The van der Waals surface area contributed by atoms with Gasteiger partial charge in [-0.2, -0.15) is 0 Å². The van der Waals surface area contributed by atoms with E-state index in [1.165, 1.54) is 37.0 Å². The molecule has 0 saturated heterocycles. The normalized spacial score (nSPS) is 16.6. The Morgan fingerprint density at radius 1 is 1.36 bits per heavy atom. The van der Waals surface area contributed by atoms with Crippen molar-refractivity contribution in [2.45, 2.75) is 46.0 Å². The average molecular weight is 214 g/mol. The molecule has 0 amide bonds. The third kappa shape index (κ3) is 3.38. The molecule has 0 aromatic carbocycles. The Labute approximate surface area is 92.5 Å². The summed E-state index contributed by atoms with van der Waals surface area (Å²) in [4.78, 5) is 0. The van der Waals surface area contributed by atoms with Gasteiger partial charge in [-0.1, -0.05) is 38.3 Å². The molecule has 0 saturated carbocycles. The molecule has 80 valence electrons. The molecule has 0 aromatic rings. The maximum atomic E-state index is 6.11. The van der Waals surface area contributed by atoms with Crippen molar-refractivity contribution in [3.63, 3.8) is 0 Å². The molecule has 1 aliphatic heterocycles. The lowest BCUT2D eigenvalue weighted by molar-refractivity contribution is 0.540. The van der Waals surface area contributed by atoms with E-state index in [1.807, 2.05) is 4.42 Å². The van der Waals surface area contributed by atoms with Crippen molar-refractivity contribution in [2.75, 3.05) is 6.54 Å². The average Bonchev–Trinajstić information content (AvgIpc) is 2.16. The summed E-state index contributed by atoms with van der Waals surface area (Å²) < 4.78 is 1.85. The van der Waals surface area contributed by atoms with Crippen molar-refractivity contribution >= 4 is 11.8 Å². The molecule has 0 fully saturated rings.